The molecule has 0 atom stereocenters. The first kappa shape index (κ1) is 27.4. The fraction of sp³-hybridized carbons (Fsp3) is 0.643. The Labute approximate surface area is 230 Å². The fourth-order valence-electron chi connectivity index (χ4n) is 5.07. The molecule has 8 nitrogen and oxygen atoms in total. The average molecular weight is 562 g/mol. The molecule has 2 fully saturated rings. The molecule has 2 aliphatic heterocycles. The molecule has 3 heterocycles. The highest BCUT2D eigenvalue weighted by Gasteiger charge is 2.28. The molecule has 5 rings (SSSR count). The van der Waals surface area contributed by atoms with Crippen LogP contribution in [-0.4, -0.2) is 73.3 Å². The second-order valence-electron chi connectivity index (χ2n) is 11.2. The molecule has 0 bridgehead atoms. The van der Waals surface area contributed by atoms with E-state index in [4.69, 9.17) is 9.47 Å². The summed E-state index contributed by atoms with van der Waals surface area (Å²) in [5.41, 5.74) is 3.19. The number of amides is 1. The number of hydrogen-bond donors (Lipinski definition) is 0. The van der Waals surface area contributed by atoms with Gasteiger partial charge in [0.05, 0.1) is 22.6 Å². The Morgan fingerprint density at radius 1 is 1.16 bits per heavy atom. The van der Waals surface area contributed by atoms with Gasteiger partial charge < -0.3 is 14.4 Å². The number of hydrogen-bond acceptors (Lipinski definition) is 7. The molecule has 1 saturated carbocycles. The molecule has 1 aromatic heterocycles. The topological polar surface area (TPSA) is 89.0 Å². The third-order valence-electron chi connectivity index (χ3n) is 7.89. The number of likely N-dealkylation sites (tertiary alicyclic amines) is 1. The van der Waals surface area contributed by atoms with E-state index >= 15 is 0 Å². The Hall–Kier alpha value is -2.17. The van der Waals surface area contributed by atoms with Crippen LogP contribution in [0.3, 0.4) is 0 Å². The number of carbonyl (C=O) groups excluding carboxylic acids is 1. The van der Waals surface area contributed by atoms with E-state index in [0.29, 0.717) is 62.7 Å². The van der Waals surface area contributed by atoms with Gasteiger partial charge in [0.1, 0.15) is 6.10 Å². The molecule has 0 unspecified atom stereocenters. The third kappa shape index (κ3) is 6.69. The molecule has 208 valence electrons. The maximum Gasteiger partial charge on any atom is 0.409 e. The number of nitrogens with zero attached hydrogens (tertiary/aromatic N) is 3. The Bertz CT molecular complexity index is 1260. The van der Waals surface area contributed by atoms with Gasteiger partial charge in [0.25, 0.3) is 5.19 Å². The lowest BCUT2D eigenvalue weighted by molar-refractivity contribution is 0.0500. The van der Waals surface area contributed by atoms with Crippen LogP contribution in [0.5, 0.6) is 5.19 Å². The van der Waals surface area contributed by atoms with Crippen LogP contribution in [0.1, 0.15) is 64.4 Å². The highest BCUT2D eigenvalue weighted by molar-refractivity contribution is 7.89. The predicted octanol–water partition coefficient (Wildman–Crippen LogP) is 5.54. The molecule has 38 heavy (non-hydrogen) atoms. The summed E-state index contributed by atoms with van der Waals surface area (Å²) >= 11 is 1.54. The van der Waals surface area contributed by atoms with Gasteiger partial charge in [-0.3, -0.25) is 0 Å². The van der Waals surface area contributed by atoms with Crippen molar-refractivity contribution < 1.29 is 22.7 Å². The molecular weight excluding hydrogens is 522 g/mol. The lowest BCUT2D eigenvalue weighted by Gasteiger charge is -2.32. The standard InChI is InChI=1S/C28H39N3O5S2/c1-20(2)12-17-38(33,34)31-15-8-22(9-16-31)23-6-7-25-26(18-23)37-27(29-25)36-24-10-13-30(14-11-24)28(32)35-19-21-4-3-5-21/h6-8,18,20-21,24H,3-5,9-17,19H2,1-2H3. The van der Waals surface area contributed by atoms with Crippen LogP contribution in [0.15, 0.2) is 24.3 Å². The van der Waals surface area contributed by atoms with Gasteiger partial charge in [0.15, 0.2) is 0 Å². The minimum Gasteiger partial charge on any atom is -0.467 e. The van der Waals surface area contributed by atoms with Crippen molar-refractivity contribution in [3.63, 3.8) is 0 Å². The van der Waals surface area contributed by atoms with Crippen molar-refractivity contribution in [2.24, 2.45) is 11.8 Å². The van der Waals surface area contributed by atoms with E-state index in [1.807, 2.05) is 26.0 Å². The molecule has 1 aliphatic carbocycles. The lowest BCUT2D eigenvalue weighted by atomic mass is 9.86. The van der Waals surface area contributed by atoms with E-state index in [2.05, 4.69) is 17.1 Å². The van der Waals surface area contributed by atoms with Gasteiger partial charge in [0.2, 0.25) is 10.0 Å². The lowest BCUT2D eigenvalue weighted by Crippen LogP contribution is -2.42. The molecule has 2 aromatic rings. The Kier molecular flexibility index (Phi) is 8.59. The number of fused-ring (bicyclic) bond motifs is 1. The largest absolute Gasteiger partial charge is 0.467 e. The number of carbonyl (C=O) groups is 1. The highest BCUT2D eigenvalue weighted by Crippen LogP contribution is 2.34. The summed E-state index contributed by atoms with van der Waals surface area (Å²) < 4.78 is 39.6. The first-order valence-electron chi connectivity index (χ1n) is 13.9. The number of ether oxygens (including phenoxy) is 2. The summed E-state index contributed by atoms with van der Waals surface area (Å²) in [5.74, 6) is 1.14. The minimum absolute atomic E-state index is 0.0374. The van der Waals surface area contributed by atoms with Crippen LogP contribution in [0.2, 0.25) is 0 Å². The van der Waals surface area contributed by atoms with Crippen LogP contribution in [-0.2, 0) is 14.8 Å². The van der Waals surface area contributed by atoms with Gasteiger partial charge in [0, 0.05) is 39.0 Å². The highest BCUT2D eigenvalue weighted by atomic mass is 32.2. The number of benzene rings is 1. The van der Waals surface area contributed by atoms with Gasteiger partial charge in [-0.15, -0.1) is 0 Å². The molecule has 0 N–H and O–H groups in total. The van der Waals surface area contributed by atoms with E-state index in [9.17, 15) is 13.2 Å². The summed E-state index contributed by atoms with van der Waals surface area (Å²) in [6.45, 7) is 6.88. The smallest absolute Gasteiger partial charge is 0.409 e. The maximum absolute atomic E-state index is 12.6. The van der Waals surface area contributed by atoms with Crippen LogP contribution in [0, 0.1) is 11.8 Å². The third-order valence-corrected chi connectivity index (χ3v) is 10.7. The number of thiazole rings is 1. The van der Waals surface area contributed by atoms with Crippen molar-refractivity contribution >= 4 is 43.2 Å². The molecule has 1 amide bonds. The molecule has 1 saturated heterocycles. The first-order valence-corrected chi connectivity index (χ1v) is 16.4. The molecule has 0 radical (unpaired) electrons. The monoisotopic (exact) mass is 561 g/mol. The maximum atomic E-state index is 12.6. The Morgan fingerprint density at radius 2 is 1.95 bits per heavy atom. The molecule has 3 aliphatic rings. The number of rotatable bonds is 9. The van der Waals surface area contributed by atoms with E-state index in [1.165, 1.54) is 36.2 Å². The quantitative estimate of drug-likeness (QED) is 0.399. The number of sulfonamides is 1. The molecular formula is C28H39N3O5S2. The molecule has 10 heteroatoms. The van der Waals surface area contributed by atoms with Gasteiger partial charge in [-0.05, 0) is 60.8 Å². The zero-order valence-corrected chi connectivity index (χ0v) is 24.1. The van der Waals surface area contributed by atoms with E-state index < -0.39 is 10.0 Å². The summed E-state index contributed by atoms with van der Waals surface area (Å²) in [5, 5.41) is 0.656. The van der Waals surface area contributed by atoms with E-state index in [0.717, 1.165) is 28.6 Å². The van der Waals surface area contributed by atoms with E-state index in [1.54, 1.807) is 9.21 Å². The van der Waals surface area contributed by atoms with Crippen molar-refractivity contribution in [2.75, 3.05) is 38.5 Å². The summed E-state index contributed by atoms with van der Waals surface area (Å²) in [6.07, 6.45) is 8.40. The van der Waals surface area contributed by atoms with Gasteiger partial charge in [-0.1, -0.05) is 43.7 Å². The van der Waals surface area contributed by atoms with Gasteiger partial charge >= 0.3 is 6.09 Å². The summed E-state index contributed by atoms with van der Waals surface area (Å²) in [7, 11) is -3.21. The zero-order chi connectivity index (χ0) is 26.7. The molecule has 0 spiro atoms. The minimum atomic E-state index is -3.21. The SMILES string of the molecule is CC(C)CCS(=O)(=O)N1CC=C(c2ccc3nc(OC4CCN(C(=O)OCC5CCC5)CC4)sc3c2)CC1. The van der Waals surface area contributed by atoms with Crippen LogP contribution < -0.4 is 4.74 Å². The van der Waals surface area contributed by atoms with Crippen molar-refractivity contribution in [1.29, 1.82) is 0 Å². The Morgan fingerprint density at radius 3 is 2.61 bits per heavy atom. The number of aromatic nitrogens is 1. The van der Waals surface area contributed by atoms with Crippen molar-refractivity contribution in [3.05, 3.63) is 29.8 Å². The van der Waals surface area contributed by atoms with Gasteiger partial charge in [-0.2, -0.15) is 4.31 Å². The average Bonchev–Trinajstić information content (AvgIpc) is 3.28. The second-order valence-corrected chi connectivity index (χ2v) is 14.3. The van der Waals surface area contributed by atoms with E-state index in [-0.39, 0.29) is 18.0 Å². The fourth-order valence-corrected chi connectivity index (χ4v) is 7.69. The Balaban J connectivity index is 1.14. The van der Waals surface area contributed by atoms with Crippen molar-refractivity contribution in [2.45, 2.75) is 64.9 Å². The summed E-state index contributed by atoms with van der Waals surface area (Å²) in [6, 6.07) is 6.21. The van der Waals surface area contributed by atoms with Gasteiger partial charge in [-0.25, -0.2) is 18.2 Å². The van der Waals surface area contributed by atoms with Crippen molar-refractivity contribution in [1.82, 2.24) is 14.2 Å². The normalized spacial score (nSPS) is 20.0. The van der Waals surface area contributed by atoms with Crippen molar-refractivity contribution in [3.8, 4) is 5.19 Å². The summed E-state index contributed by atoms with van der Waals surface area (Å²) in [4.78, 5) is 18.8. The molecule has 1 aromatic carbocycles. The first-order chi connectivity index (χ1) is 18.3. The van der Waals surface area contributed by atoms with Crippen LogP contribution in [0.4, 0.5) is 4.79 Å². The predicted molar refractivity (Wildman–Crippen MR) is 151 cm³/mol. The van der Waals surface area contributed by atoms with Crippen LogP contribution >= 0.6 is 11.3 Å². The number of piperidine rings is 1. The second kappa shape index (κ2) is 11.9. The van der Waals surface area contributed by atoms with Crippen LogP contribution in [0.25, 0.3) is 15.8 Å². The zero-order valence-electron chi connectivity index (χ0n) is 22.4.